The van der Waals surface area contributed by atoms with Crippen LogP contribution in [0.1, 0.15) is 29.7 Å². The first kappa shape index (κ1) is 15.4. The van der Waals surface area contributed by atoms with Gasteiger partial charge in [0.1, 0.15) is 0 Å². The average Bonchev–Trinajstić information content (AvgIpc) is 2.47. The third-order valence-corrected chi connectivity index (χ3v) is 5.01. The van der Waals surface area contributed by atoms with Gasteiger partial charge in [0.2, 0.25) is 0 Å². The summed E-state index contributed by atoms with van der Waals surface area (Å²) in [6.45, 7) is 4.24. The van der Waals surface area contributed by atoms with Gasteiger partial charge in [-0.25, -0.2) is 0 Å². The topological polar surface area (TPSA) is 26.0 Å². The van der Waals surface area contributed by atoms with E-state index in [1.54, 1.807) is 11.8 Å². The minimum atomic E-state index is 0.137. The van der Waals surface area contributed by atoms with Crippen molar-refractivity contribution in [3.63, 3.8) is 0 Å². The minimum absolute atomic E-state index is 0.137. The van der Waals surface area contributed by atoms with Crippen LogP contribution in [0.3, 0.4) is 0 Å². The molecule has 20 heavy (non-hydrogen) atoms. The quantitative estimate of drug-likeness (QED) is 0.766. The van der Waals surface area contributed by atoms with E-state index in [1.807, 2.05) is 12.1 Å². The van der Waals surface area contributed by atoms with Crippen LogP contribution >= 0.6 is 23.4 Å². The third-order valence-electron chi connectivity index (χ3n) is 3.34. The van der Waals surface area contributed by atoms with Gasteiger partial charge in [-0.1, -0.05) is 48.4 Å². The molecule has 0 saturated carbocycles. The molecule has 0 aliphatic rings. The molecule has 0 aliphatic carbocycles. The van der Waals surface area contributed by atoms with Gasteiger partial charge in [-0.2, -0.15) is 0 Å². The highest BCUT2D eigenvalue weighted by atomic mass is 35.5. The zero-order chi connectivity index (χ0) is 14.5. The summed E-state index contributed by atoms with van der Waals surface area (Å²) >= 11 is 7.74. The number of nitrogens with two attached hydrogens (primary N) is 1. The van der Waals surface area contributed by atoms with Crippen LogP contribution in [0.4, 0.5) is 0 Å². The van der Waals surface area contributed by atoms with Crippen LogP contribution in [0.25, 0.3) is 0 Å². The Labute approximate surface area is 130 Å². The molecule has 2 rings (SSSR count). The maximum atomic E-state index is 6.32. The first-order valence-corrected chi connectivity index (χ1v) is 8.10. The van der Waals surface area contributed by atoms with Crippen molar-refractivity contribution in [2.45, 2.75) is 36.5 Å². The van der Waals surface area contributed by atoms with Crippen molar-refractivity contribution in [2.75, 3.05) is 0 Å². The number of thioether (sulfide) groups is 1. The van der Waals surface area contributed by atoms with Crippen LogP contribution in [-0.4, -0.2) is 6.04 Å². The Kier molecular flexibility index (Phi) is 5.53. The van der Waals surface area contributed by atoms with E-state index in [4.69, 9.17) is 17.3 Å². The van der Waals surface area contributed by atoms with Crippen LogP contribution in [0.15, 0.2) is 53.4 Å². The van der Waals surface area contributed by atoms with Gasteiger partial charge in [-0.05, 0) is 43.2 Å². The lowest BCUT2D eigenvalue weighted by molar-refractivity contribution is 0.634. The predicted molar refractivity (Wildman–Crippen MR) is 89.5 cm³/mol. The van der Waals surface area contributed by atoms with E-state index >= 15 is 0 Å². The molecule has 0 spiro atoms. The van der Waals surface area contributed by atoms with Gasteiger partial charge >= 0.3 is 0 Å². The number of hydrogen-bond donors (Lipinski definition) is 1. The van der Waals surface area contributed by atoms with E-state index in [0.29, 0.717) is 0 Å². The SMILES string of the molecule is CCC(N)C(Sc1ccc(Cl)cc1)c1ccc(C)cc1. The van der Waals surface area contributed by atoms with Gasteiger partial charge in [0.25, 0.3) is 0 Å². The number of halogens is 1. The maximum absolute atomic E-state index is 6.32. The van der Waals surface area contributed by atoms with Crippen molar-refractivity contribution < 1.29 is 0 Å². The molecule has 0 aliphatic heterocycles. The molecule has 2 aromatic carbocycles. The highest BCUT2D eigenvalue weighted by Gasteiger charge is 2.19. The molecule has 106 valence electrons. The molecule has 0 radical (unpaired) electrons. The Bertz CT molecular complexity index is 536. The minimum Gasteiger partial charge on any atom is -0.326 e. The third kappa shape index (κ3) is 4.02. The molecule has 1 nitrogen and oxygen atoms in total. The highest BCUT2D eigenvalue weighted by molar-refractivity contribution is 7.99. The molecule has 2 aromatic rings. The number of rotatable bonds is 5. The molecule has 0 bridgehead atoms. The molecular formula is C17H20ClNS. The highest BCUT2D eigenvalue weighted by Crippen LogP contribution is 2.38. The summed E-state index contributed by atoms with van der Waals surface area (Å²) in [7, 11) is 0. The Morgan fingerprint density at radius 2 is 1.65 bits per heavy atom. The van der Waals surface area contributed by atoms with Gasteiger partial charge < -0.3 is 5.73 Å². The molecule has 3 heteroatoms. The Morgan fingerprint density at radius 1 is 1.05 bits per heavy atom. The van der Waals surface area contributed by atoms with Gasteiger partial charge in [-0.15, -0.1) is 11.8 Å². The van der Waals surface area contributed by atoms with E-state index in [1.165, 1.54) is 16.0 Å². The van der Waals surface area contributed by atoms with Crippen LogP contribution in [0.2, 0.25) is 5.02 Å². The van der Waals surface area contributed by atoms with Crippen LogP contribution in [0, 0.1) is 6.92 Å². The van der Waals surface area contributed by atoms with Crippen molar-refractivity contribution >= 4 is 23.4 Å². The number of aryl methyl sites for hydroxylation is 1. The van der Waals surface area contributed by atoms with E-state index in [2.05, 4.69) is 50.2 Å². The largest absolute Gasteiger partial charge is 0.326 e. The second kappa shape index (κ2) is 7.16. The molecule has 0 saturated heterocycles. The van der Waals surface area contributed by atoms with Crippen molar-refractivity contribution in [1.82, 2.24) is 0 Å². The van der Waals surface area contributed by atoms with Crippen molar-refractivity contribution in [2.24, 2.45) is 5.73 Å². The normalized spacial score (nSPS) is 14.0. The summed E-state index contributed by atoms with van der Waals surface area (Å²) in [5, 5.41) is 1.03. The lowest BCUT2D eigenvalue weighted by Gasteiger charge is -2.23. The first-order valence-electron chi connectivity index (χ1n) is 6.84. The lowest BCUT2D eigenvalue weighted by Crippen LogP contribution is -2.25. The van der Waals surface area contributed by atoms with E-state index in [0.717, 1.165) is 11.4 Å². The van der Waals surface area contributed by atoms with Crippen molar-refractivity contribution in [1.29, 1.82) is 0 Å². The number of hydrogen-bond acceptors (Lipinski definition) is 2. The zero-order valence-corrected chi connectivity index (χ0v) is 13.4. The van der Waals surface area contributed by atoms with Crippen molar-refractivity contribution in [3.05, 3.63) is 64.7 Å². The molecule has 2 N–H and O–H groups in total. The van der Waals surface area contributed by atoms with Gasteiger partial charge in [0.05, 0.1) is 0 Å². The molecule has 0 aromatic heterocycles. The fourth-order valence-corrected chi connectivity index (χ4v) is 3.41. The first-order chi connectivity index (χ1) is 9.60. The predicted octanol–water partition coefficient (Wildman–Crippen LogP) is 5.22. The zero-order valence-electron chi connectivity index (χ0n) is 11.8. The molecule has 0 amide bonds. The summed E-state index contributed by atoms with van der Waals surface area (Å²) in [6.07, 6.45) is 0.957. The molecule has 2 atom stereocenters. The van der Waals surface area contributed by atoms with Gasteiger partial charge in [-0.3, -0.25) is 0 Å². The van der Waals surface area contributed by atoms with E-state index in [-0.39, 0.29) is 11.3 Å². The maximum Gasteiger partial charge on any atom is 0.0495 e. The smallest absolute Gasteiger partial charge is 0.0495 e. The van der Waals surface area contributed by atoms with Gasteiger partial charge in [0.15, 0.2) is 0 Å². The average molecular weight is 306 g/mol. The second-order valence-corrected chi connectivity index (χ2v) is 6.63. The fourth-order valence-electron chi connectivity index (χ4n) is 2.03. The standard InChI is InChI=1S/C17H20ClNS/c1-3-16(19)17(13-6-4-12(2)5-7-13)20-15-10-8-14(18)9-11-15/h4-11,16-17H,3,19H2,1-2H3. The Balaban J connectivity index is 2.23. The summed E-state index contributed by atoms with van der Waals surface area (Å²) < 4.78 is 0. The molecule has 2 unspecified atom stereocenters. The second-order valence-electron chi connectivity index (χ2n) is 4.98. The van der Waals surface area contributed by atoms with E-state index in [9.17, 15) is 0 Å². The summed E-state index contributed by atoms with van der Waals surface area (Å²) in [6, 6.07) is 16.7. The Morgan fingerprint density at radius 3 is 2.20 bits per heavy atom. The Hall–Kier alpha value is -0.960. The fraction of sp³-hybridized carbons (Fsp3) is 0.294. The van der Waals surface area contributed by atoms with Crippen LogP contribution < -0.4 is 5.73 Å². The molecule has 0 fully saturated rings. The molecule has 0 heterocycles. The monoisotopic (exact) mass is 305 g/mol. The molecular weight excluding hydrogens is 286 g/mol. The lowest BCUT2D eigenvalue weighted by atomic mass is 10.0. The van der Waals surface area contributed by atoms with Crippen molar-refractivity contribution in [3.8, 4) is 0 Å². The van der Waals surface area contributed by atoms with Gasteiger partial charge in [0, 0.05) is 21.2 Å². The number of benzene rings is 2. The summed E-state index contributed by atoms with van der Waals surface area (Å²) in [5.41, 5.74) is 8.87. The van der Waals surface area contributed by atoms with Crippen LogP contribution in [0.5, 0.6) is 0 Å². The summed E-state index contributed by atoms with van der Waals surface area (Å²) in [4.78, 5) is 1.20. The summed E-state index contributed by atoms with van der Waals surface area (Å²) in [5.74, 6) is 0. The van der Waals surface area contributed by atoms with Crippen LogP contribution in [-0.2, 0) is 0 Å². The van der Waals surface area contributed by atoms with E-state index < -0.39 is 0 Å².